The van der Waals surface area contributed by atoms with Crippen LogP contribution in [0.1, 0.15) is 80.1 Å². The Morgan fingerprint density at radius 3 is 1.26 bits per heavy atom. The molecule has 5 heteroatoms. The van der Waals surface area contributed by atoms with Crippen molar-refractivity contribution in [3.8, 4) is 0 Å². The molecule has 0 aliphatic carbocycles. The smallest absolute Gasteiger partial charge is 0.316 e. The Balaban J connectivity index is 0. The maximum absolute atomic E-state index is 11.4. The number of ether oxygens (including phenoxy) is 1. The molecule has 1 N–H and O–H groups in total. The van der Waals surface area contributed by atoms with Crippen LogP contribution in [0.15, 0.2) is 0 Å². The lowest BCUT2D eigenvalue weighted by Gasteiger charge is -2.12. The van der Waals surface area contributed by atoms with Gasteiger partial charge in [0.15, 0.2) is 0 Å². The number of carboxylic acids is 1. The standard InChI is InChI=1S/C12H22O3.C6H12O2/c1-5-7-9(3)11(13)15-12(14)10(4)8-6-2;1-3-4-5(2)6(7)8/h9-10H,5-8H2,1-4H3;5H,3-4H2,1-2H3,(H,7,8). The summed E-state index contributed by atoms with van der Waals surface area (Å²) in [4.78, 5) is 32.9. The number of carbonyl (C=O) groups excluding carboxylic acids is 2. The summed E-state index contributed by atoms with van der Waals surface area (Å²) in [6.07, 6.45) is 5.13. The van der Waals surface area contributed by atoms with Gasteiger partial charge < -0.3 is 9.84 Å². The average Bonchev–Trinajstić information content (AvgIpc) is 2.48. The third-order valence-corrected chi connectivity index (χ3v) is 3.59. The van der Waals surface area contributed by atoms with E-state index >= 15 is 0 Å². The SMILES string of the molecule is CCCC(C)C(=O)O.CCCC(C)C(=O)OC(=O)C(C)CCC. The molecular formula is C18H34O5. The second-order valence-electron chi connectivity index (χ2n) is 6.15. The van der Waals surface area contributed by atoms with Gasteiger partial charge in [-0.15, -0.1) is 0 Å². The maximum Gasteiger partial charge on any atom is 0.316 e. The Labute approximate surface area is 140 Å². The van der Waals surface area contributed by atoms with Gasteiger partial charge in [0.1, 0.15) is 0 Å². The third-order valence-electron chi connectivity index (χ3n) is 3.59. The number of aliphatic carboxylic acids is 1. The molecule has 0 spiro atoms. The van der Waals surface area contributed by atoms with E-state index in [1.54, 1.807) is 20.8 Å². The van der Waals surface area contributed by atoms with Crippen LogP contribution >= 0.6 is 0 Å². The Morgan fingerprint density at radius 1 is 0.739 bits per heavy atom. The summed E-state index contributed by atoms with van der Waals surface area (Å²) >= 11 is 0. The van der Waals surface area contributed by atoms with Crippen molar-refractivity contribution in [1.29, 1.82) is 0 Å². The van der Waals surface area contributed by atoms with Gasteiger partial charge in [-0.25, -0.2) is 0 Å². The van der Waals surface area contributed by atoms with Crippen LogP contribution in [-0.2, 0) is 19.1 Å². The molecule has 0 radical (unpaired) electrons. The summed E-state index contributed by atoms with van der Waals surface area (Å²) in [6.45, 7) is 11.3. The number of rotatable bonds is 9. The number of hydrogen-bond acceptors (Lipinski definition) is 4. The Hall–Kier alpha value is -1.39. The van der Waals surface area contributed by atoms with Gasteiger partial charge in [-0.1, -0.05) is 60.8 Å². The van der Waals surface area contributed by atoms with Gasteiger partial charge in [-0.2, -0.15) is 0 Å². The van der Waals surface area contributed by atoms with Crippen molar-refractivity contribution < 1.29 is 24.2 Å². The Bertz CT molecular complexity index is 329. The third kappa shape index (κ3) is 12.8. The van der Waals surface area contributed by atoms with E-state index in [2.05, 4.69) is 0 Å². The number of carboxylic acid groups (broad SMARTS) is 1. The minimum atomic E-state index is -0.688. The first-order valence-corrected chi connectivity index (χ1v) is 8.69. The highest BCUT2D eigenvalue weighted by molar-refractivity contribution is 5.87. The lowest BCUT2D eigenvalue weighted by Crippen LogP contribution is -2.23. The lowest BCUT2D eigenvalue weighted by molar-refractivity contribution is -0.165. The van der Waals surface area contributed by atoms with E-state index in [-0.39, 0.29) is 29.7 Å². The van der Waals surface area contributed by atoms with Crippen molar-refractivity contribution in [3.63, 3.8) is 0 Å². The van der Waals surface area contributed by atoms with Crippen molar-refractivity contribution in [1.82, 2.24) is 0 Å². The fourth-order valence-electron chi connectivity index (χ4n) is 1.96. The summed E-state index contributed by atoms with van der Waals surface area (Å²) in [6, 6.07) is 0. The van der Waals surface area contributed by atoms with E-state index in [1.807, 2.05) is 20.8 Å². The predicted octanol–water partition coefficient (Wildman–Crippen LogP) is 4.44. The molecular weight excluding hydrogens is 296 g/mol. The molecule has 0 rings (SSSR count). The first-order chi connectivity index (χ1) is 10.7. The van der Waals surface area contributed by atoms with Crippen LogP contribution in [-0.4, -0.2) is 23.0 Å². The van der Waals surface area contributed by atoms with Crippen LogP contribution in [0.5, 0.6) is 0 Å². The van der Waals surface area contributed by atoms with Crippen molar-refractivity contribution in [2.45, 2.75) is 80.1 Å². The predicted molar refractivity (Wildman–Crippen MR) is 91.0 cm³/mol. The van der Waals surface area contributed by atoms with E-state index in [0.717, 1.165) is 38.5 Å². The van der Waals surface area contributed by atoms with Gasteiger partial charge in [0.05, 0.1) is 17.8 Å². The summed E-state index contributed by atoms with van der Waals surface area (Å²) in [7, 11) is 0. The summed E-state index contributed by atoms with van der Waals surface area (Å²) in [5.41, 5.74) is 0. The summed E-state index contributed by atoms with van der Waals surface area (Å²) in [5.74, 6) is -1.97. The maximum atomic E-state index is 11.4. The van der Waals surface area contributed by atoms with Crippen LogP contribution in [0, 0.1) is 17.8 Å². The highest BCUT2D eigenvalue weighted by Gasteiger charge is 2.21. The highest BCUT2D eigenvalue weighted by Crippen LogP contribution is 2.11. The van der Waals surface area contributed by atoms with Crippen molar-refractivity contribution >= 4 is 17.9 Å². The van der Waals surface area contributed by atoms with Gasteiger partial charge in [0.25, 0.3) is 0 Å². The van der Waals surface area contributed by atoms with Crippen LogP contribution < -0.4 is 0 Å². The zero-order valence-electron chi connectivity index (χ0n) is 15.6. The molecule has 0 heterocycles. The second kappa shape index (κ2) is 14.2. The molecule has 0 aliphatic rings. The molecule has 23 heavy (non-hydrogen) atoms. The molecule has 136 valence electrons. The number of carbonyl (C=O) groups is 3. The molecule has 0 saturated heterocycles. The monoisotopic (exact) mass is 330 g/mol. The molecule has 0 aromatic carbocycles. The van der Waals surface area contributed by atoms with Crippen LogP contribution in [0.25, 0.3) is 0 Å². The molecule has 5 nitrogen and oxygen atoms in total. The Morgan fingerprint density at radius 2 is 1.04 bits per heavy atom. The highest BCUT2D eigenvalue weighted by atomic mass is 16.6. The zero-order valence-corrected chi connectivity index (χ0v) is 15.6. The largest absolute Gasteiger partial charge is 0.481 e. The van der Waals surface area contributed by atoms with Gasteiger partial charge in [0.2, 0.25) is 0 Å². The molecule has 0 aromatic heterocycles. The van der Waals surface area contributed by atoms with Gasteiger partial charge >= 0.3 is 17.9 Å². The van der Waals surface area contributed by atoms with Gasteiger partial charge in [-0.3, -0.25) is 14.4 Å². The van der Waals surface area contributed by atoms with E-state index in [9.17, 15) is 14.4 Å². The van der Waals surface area contributed by atoms with Gasteiger partial charge in [0, 0.05) is 0 Å². The molecule has 0 bridgehead atoms. The first kappa shape index (κ1) is 23.9. The van der Waals surface area contributed by atoms with Crippen molar-refractivity contribution in [2.24, 2.45) is 17.8 Å². The van der Waals surface area contributed by atoms with E-state index in [0.29, 0.717) is 0 Å². The number of hydrogen-bond donors (Lipinski definition) is 1. The van der Waals surface area contributed by atoms with Crippen LogP contribution in [0.4, 0.5) is 0 Å². The number of esters is 2. The molecule has 0 saturated carbocycles. The van der Waals surface area contributed by atoms with E-state index < -0.39 is 5.97 Å². The van der Waals surface area contributed by atoms with Crippen molar-refractivity contribution in [2.75, 3.05) is 0 Å². The molecule has 0 amide bonds. The normalized spacial score (nSPS) is 14.0. The minimum absolute atomic E-state index is 0.167. The lowest BCUT2D eigenvalue weighted by atomic mass is 10.1. The Kier molecular flexibility index (Phi) is 14.8. The van der Waals surface area contributed by atoms with E-state index in [1.165, 1.54) is 0 Å². The second-order valence-corrected chi connectivity index (χ2v) is 6.15. The topological polar surface area (TPSA) is 80.7 Å². The van der Waals surface area contributed by atoms with Gasteiger partial charge in [-0.05, 0) is 19.3 Å². The summed E-state index contributed by atoms with van der Waals surface area (Å²) < 4.78 is 4.80. The molecule has 0 aliphatic heterocycles. The molecule has 3 unspecified atom stereocenters. The average molecular weight is 330 g/mol. The van der Waals surface area contributed by atoms with Crippen LogP contribution in [0.2, 0.25) is 0 Å². The molecule has 0 aromatic rings. The molecule has 0 fully saturated rings. The minimum Gasteiger partial charge on any atom is -0.481 e. The summed E-state index contributed by atoms with van der Waals surface area (Å²) in [5, 5.41) is 8.31. The molecule has 3 atom stereocenters. The quantitative estimate of drug-likeness (QED) is 0.499. The van der Waals surface area contributed by atoms with Crippen LogP contribution in [0.3, 0.4) is 0 Å². The van der Waals surface area contributed by atoms with E-state index in [4.69, 9.17) is 9.84 Å². The zero-order chi connectivity index (χ0) is 18.4. The van der Waals surface area contributed by atoms with Crippen molar-refractivity contribution in [3.05, 3.63) is 0 Å². The fourth-order valence-corrected chi connectivity index (χ4v) is 1.96. The fraction of sp³-hybridized carbons (Fsp3) is 0.833. The first-order valence-electron chi connectivity index (χ1n) is 8.69.